The lowest BCUT2D eigenvalue weighted by Gasteiger charge is -2.26. The van der Waals surface area contributed by atoms with Gasteiger partial charge in [-0.25, -0.2) is 13.8 Å². The topological polar surface area (TPSA) is 37.2 Å². The van der Waals surface area contributed by atoms with E-state index in [9.17, 15) is 8.78 Å². The van der Waals surface area contributed by atoms with E-state index in [1.165, 1.54) is 0 Å². The molecule has 0 aliphatic heterocycles. The Balaban J connectivity index is 1.16. The van der Waals surface area contributed by atoms with E-state index in [0.717, 1.165) is 79.3 Å². The van der Waals surface area contributed by atoms with Gasteiger partial charge in [-0.05, 0) is 97.1 Å². The summed E-state index contributed by atoms with van der Waals surface area (Å²) in [5.41, 5.74) is 11.4. The van der Waals surface area contributed by atoms with Crippen molar-refractivity contribution in [3.8, 4) is 16.9 Å². The molecule has 0 fully saturated rings. The predicted octanol–water partition coefficient (Wildman–Crippen LogP) is 13.6. The zero-order chi connectivity index (χ0) is 38.3. The van der Waals surface area contributed by atoms with Crippen molar-refractivity contribution in [3.63, 3.8) is 0 Å². The van der Waals surface area contributed by atoms with E-state index in [1.54, 1.807) is 6.20 Å². The molecule has 0 saturated carbocycles. The number of benzene rings is 8. The van der Waals surface area contributed by atoms with Crippen LogP contribution in [0.5, 0.6) is 0 Å². The number of hydrogen-bond donors (Lipinski definition) is 0. The fraction of sp³-hybridized carbons (Fsp3) is 0. The number of aromatic nitrogens is 3. The highest BCUT2D eigenvalue weighted by Crippen LogP contribution is 2.42. The van der Waals surface area contributed by atoms with E-state index < -0.39 is 11.6 Å². The quantitative estimate of drug-likeness (QED) is 0.155. The van der Waals surface area contributed by atoms with Gasteiger partial charge in [0.1, 0.15) is 0 Å². The van der Waals surface area contributed by atoms with Crippen molar-refractivity contribution < 1.29 is 8.78 Å². The van der Waals surface area contributed by atoms with Crippen LogP contribution in [0, 0.1) is 11.6 Å². The second kappa shape index (κ2) is 14.2. The Labute approximate surface area is 328 Å². The lowest BCUT2D eigenvalue weighted by atomic mass is 10.1. The van der Waals surface area contributed by atoms with Crippen LogP contribution in [-0.4, -0.2) is 14.5 Å². The average molecular weight is 742 g/mol. The van der Waals surface area contributed by atoms with Gasteiger partial charge in [-0.1, -0.05) is 84.9 Å². The van der Waals surface area contributed by atoms with Gasteiger partial charge in [-0.2, -0.15) is 0 Å². The van der Waals surface area contributed by atoms with Crippen molar-refractivity contribution in [2.75, 3.05) is 9.80 Å². The van der Waals surface area contributed by atoms with Gasteiger partial charge in [0.05, 0.1) is 34.0 Å². The maximum absolute atomic E-state index is 14.1. The third-order valence-electron chi connectivity index (χ3n) is 10.3. The van der Waals surface area contributed by atoms with E-state index >= 15 is 0 Å². The lowest BCUT2D eigenvalue weighted by molar-refractivity contribution is 0.510. The summed E-state index contributed by atoms with van der Waals surface area (Å²) >= 11 is 0. The number of anilines is 6. The molecule has 0 atom stereocenters. The molecule has 0 unspecified atom stereocenters. The lowest BCUT2D eigenvalue weighted by Crippen LogP contribution is -2.09. The first-order valence-corrected chi connectivity index (χ1v) is 18.7. The third kappa shape index (κ3) is 6.21. The fourth-order valence-corrected chi connectivity index (χ4v) is 7.69. The number of fused-ring (bicyclic) bond motifs is 4. The van der Waals surface area contributed by atoms with E-state index in [1.807, 2.05) is 36.4 Å². The summed E-state index contributed by atoms with van der Waals surface area (Å²) in [5.74, 6) is -1.90. The number of para-hydroxylation sites is 4. The normalized spacial score (nSPS) is 11.3. The molecule has 0 saturated heterocycles. The first-order valence-electron chi connectivity index (χ1n) is 18.7. The average Bonchev–Trinajstić information content (AvgIpc) is 3.59. The summed E-state index contributed by atoms with van der Waals surface area (Å²) < 4.78 is 30.2. The van der Waals surface area contributed by atoms with Crippen LogP contribution in [0.2, 0.25) is 0 Å². The number of hydrogen-bond acceptors (Lipinski definition) is 4. The van der Waals surface area contributed by atoms with E-state index in [0.29, 0.717) is 16.7 Å². The summed E-state index contributed by atoms with van der Waals surface area (Å²) in [6.07, 6.45) is 1.59. The minimum atomic E-state index is -0.951. The van der Waals surface area contributed by atoms with Gasteiger partial charge in [0.25, 0.3) is 0 Å². The minimum Gasteiger partial charge on any atom is -0.310 e. The molecule has 10 rings (SSSR count). The largest absolute Gasteiger partial charge is 0.310 e. The molecule has 57 heavy (non-hydrogen) atoms. The summed E-state index contributed by atoms with van der Waals surface area (Å²) in [6, 6.07) is 65.3. The smallest absolute Gasteiger partial charge is 0.161 e. The van der Waals surface area contributed by atoms with Gasteiger partial charge in [-0.15, -0.1) is 0 Å². The number of rotatable bonds is 8. The first kappa shape index (κ1) is 33.9. The summed E-state index contributed by atoms with van der Waals surface area (Å²) in [4.78, 5) is 13.5. The minimum absolute atomic E-state index is 0.296. The Bertz CT molecular complexity index is 2810. The molecule has 0 aliphatic carbocycles. The molecule has 2 aromatic heterocycles. The predicted molar refractivity (Wildman–Crippen MR) is 229 cm³/mol. The zero-order valence-corrected chi connectivity index (χ0v) is 30.5. The van der Waals surface area contributed by atoms with E-state index in [2.05, 4.69) is 170 Å². The Kier molecular flexibility index (Phi) is 8.45. The first-order chi connectivity index (χ1) is 28.1. The second-order valence-electron chi connectivity index (χ2n) is 13.8. The van der Waals surface area contributed by atoms with Crippen molar-refractivity contribution in [2.24, 2.45) is 0 Å². The van der Waals surface area contributed by atoms with Gasteiger partial charge in [0, 0.05) is 68.3 Å². The van der Waals surface area contributed by atoms with Gasteiger partial charge in [0.15, 0.2) is 11.6 Å². The van der Waals surface area contributed by atoms with Crippen LogP contribution in [0.25, 0.3) is 49.8 Å². The number of halogens is 2. The molecular formula is C50H33F2N5. The SMILES string of the molecule is Fc1cc2ncc(-c3ccc(-n4c5ccc(N(c6ccccc6)c6ccccc6)cc5c5cc(N(c6ccccc6)c6ccccc6)ccc54)cc3)nc2cc1F. The molecular weight excluding hydrogens is 709 g/mol. The van der Waals surface area contributed by atoms with Crippen LogP contribution >= 0.6 is 0 Å². The third-order valence-corrected chi connectivity index (χ3v) is 10.3. The molecule has 0 bridgehead atoms. The molecule has 2 heterocycles. The zero-order valence-electron chi connectivity index (χ0n) is 30.5. The molecule has 0 spiro atoms. The summed E-state index contributed by atoms with van der Waals surface area (Å²) in [5, 5.41) is 2.20. The maximum Gasteiger partial charge on any atom is 0.161 e. The molecule has 0 N–H and O–H groups in total. The van der Waals surface area contributed by atoms with Crippen LogP contribution in [0.15, 0.2) is 200 Å². The van der Waals surface area contributed by atoms with Crippen molar-refractivity contribution in [1.82, 2.24) is 14.5 Å². The number of nitrogens with zero attached hydrogens (tertiary/aromatic N) is 5. The van der Waals surface area contributed by atoms with Crippen LogP contribution in [0.4, 0.5) is 42.9 Å². The highest BCUT2D eigenvalue weighted by atomic mass is 19.2. The molecule has 0 aliphatic rings. The molecule has 8 aromatic carbocycles. The van der Waals surface area contributed by atoms with E-state index in [-0.39, 0.29) is 0 Å². The van der Waals surface area contributed by atoms with Crippen molar-refractivity contribution in [1.29, 1.82) is 0 Å². The molecule has 0 amide bonds. The van der Waals surface area contributed by atoms with Gasteiger partial charge >= 0.3 is 0 Å². The van der Waals surface area contributed by atoms with Gasteiger partial charge in [0.2, 0.25) is 0 Å². The molecule has 272 valence electrons. The van der Waals surface area contributed by atoms with E-state index in [4.69, 9.17) is 0 Å². The van der Waals surface area contributed by atoms with Crippen molar-refractivity contribution >= 4 is 67.0 Å². The fourth-order valence-electron chi connectivity index (χ4n) is 7.69. The highest BCUT2D eigenvalue weighted by molar-refractivity contribution is 6.12. The molecule has 7 heteroatoms. The molecule has 0 radical (unpaired) electrons. The monoisotopic (exact) mass is 741 g/mol. The molecule has 10 aromatic rings. The van der Waals surface area contributed by atoms with Crippen molar-refractivity contribution in [2.45, 2.75) is 0 Å². The van der Waals surface area contributed by atoms with Gasteiger partial charge in [-0.3, -0.25) is 4.98 Å². The Morgan fingerprint density at radius 2 is 0.825 bits per heavy atom. The summed E-state index contributed by atoms with van der Waals surface area (Å²) in [7, 11) is 0. The highest BCUT2D eigenvalue weighted by Gasteiger charge is 2.20. The standard InChI is InChI=1S/C50H33F2N5/c51-44-31-46-47(32-45(44)52)54-48(33-53-46)34-21-23-39(24-22-34)57-49-27-25-40(55(35-13-5-1-6-14-35)36-15-7-2-8-16-36)29-42(49)43-30-41(26-28-50(43)57)56(37-17-9-3-10-18-37)38-19-11-4-12-20-38/h1-33H. The van der Waals surface area contributed by atoms with Gasteiger partial charge < -0.3 is 14.4 Å². The van der Waals surface area contributed by atoms with Crippen LogP contribution in [0.3, 0.4) is 0 Å². The Morgan fingerprint density at radius 3 is 1.26 bits per heavy atom. The molecule has 5 nitrogen and oxygen atoms in total. The Hall–Kier alpha value is -7.64. The summed E-state index contributed by atoms with van der Waals surface area (Å²) in [6.45, 7) is 0. The maximum atomic E-state index is 14.1. The Morgan fingerprint density at radius 1 is 0.404 bits per heavy atom. The second-order valence-corrected chi connectivity index (χ2v) is 13.8. The van der Waals surface area contributed by atoms with Crippen LogP contribution < -0.4 is 9.80 Å². The van der Waals surface area contributed by atoms with Crippen LogP contribution in [-0.2, 0) is 0 Å². The van der Waals surface area contributed by atoms with Crippen LogP contribution in [0.1, 0.15) is 0 Å². The van der Waals surface area contributed by atoms with Crippen molar-refractivity contribution in [3.05, 3.63) is 212 Å².